The van der Waals surface area contributed by atoms with Gasteiger partial charge in [0.15, 0.2) is 5.83 Å². The van der Waals surface area contributed by atoms with E-state index in [0.717, 1.165) is 28.1 Å². The number of likely N-dealkylation sites (tertiary alicyclic amines) is 1. The minimum Gasteiger partial charge on any atom is -0.375 e. The largest absolute Gasteiger partial charge is 0.375 e. The standard InChI is InChI=1S/C26H29ClFN3O2/c1-16-19(7-6-8-21(16)27)26(11-13-31(14-12-26)23(32)17(2)28)29-18-9-10-20-22(15-18)30(5)24(33)25(20,3)4/h6-10,15,29H,2,11-14H2,1,3-5H3. The molecule has 2 aliphatic rings. The average molecular weight is 470 g/mol. The van der Waals surface area contributed by atoms with Gasteiger partial charge in [0.2, 0.25) is 5.91 Å². The second-order valence-electron chi connectivity index (χ2n) is 9.54. The molecule has 0 spiro atoms. The van der Waals surface area contributed by atoms with Gasteiger partial charge in [-0.25, -0.2) is 4.39 Å². The molecule has 0 radical (unpaired) electrons. The predicted molar refractivity (Wildman–Crippen MR) is 130 cm³/mol. The van der Waals surface area contributed by atoms with Gasteiger partial charge in [-0.1, -0.05) is 36.4 Å². The molecule has 2 aliphatic heterocycles. The van der Waals surface area contributed by atoms with E-state index in [4.69, 9.17) is 11.6 Å². The highest BCUT2D eigenvalue weighted by molar-refractivity contribution is 6.31. The Morgan fingerprint density at radius 2 is 1.82 bits per heavy atom. The lowest BCUT2D eigenvalue weighted by atomic mass is 9.78. The first-order valence-electron chi connectivity index (χ1n) is 11.1. The van der Waals surface area contributed by atoms with Gasteiger partial charge in [0, 0.05) is 36.5 Å². The summed E-state index contributed by atoms with van der Waals surface area (Å²) >= 11 is 6.46. The Balaban J connectivity index is 1.72. The Morgan fingerprint density at radius 1 is 1.15 bits per heavy atom. The van der Waals surface area contributed by atoms with Crippen molar-refractivity contribution in [1.82, 2.24) is 4.90 Å². The Hall–Kier alpha value is -2.86. The van der Waals surface area contributed by atoms with Gasteiger partial charge in [0.1, 0.15) is 0 Å². The van der Waals surface area contributed by atoms with E-state index >= 15 is 0 Å². The van der Waals surface area contributed by atoms with Crippen LogP contribution < -0.4 is 10.2 Å². The van der Waals surface area contributed by atoms with E-state index in [-0.39, 0.29) is 5.91 Å². The minimum absolute atomic E-state index is 0.0633. The number of likely N-dealkylation sites (N-methyl/N-ethyl adjacent to an activating group) is 1. The fourth-order valence-electron chi connectivity index (χ4n) is 5.19. The van der Waals surface area contributed by atoms with Gasteiger partial charge in [-0.3, -0.25) is 9.59 Å². The summed E-state index contributed by atoms with van der Waals surface area (Å²) in [5, 5.41) is 4.38. The number of amides is 2. The monoisotopic (exact) mass is 469 g/mol. The van der Waals surface area contributed by atoms with Crippen LogP contribution in [-0.4, -0.2) is 36.9 Å². The normalized spacial score (nSPS) is 18.8. The van der Waals surface area contributed by atoms with Crippen molar-refractivity contribution in [2.24, 2.45) is 0 Å². The van der Waals surface area contributed by atoms with E-state index in [1.807, 2.05) is 57.2 Å². The molecule has 2 aromatic rings. The molecule has 1 fully saturated rings. The van der Waals surface area contributed by atoms with Gasteiger partial charge in [0.25, 0.3) is 5.91 Å². The maximum atomic E-state index is 13.5. The summed E-state index contributed by atoms with van der Waals surface area (Å²) in [6.07, 6.45) is 1.15. The maximum absolute atomic E-state index is 13.5. The smallest absolute Gasteiger partial charge is 0.281 e. The number of fused-ring (bicyclic) bond motifs is 1. The first-order chi connectivity index (χ1) is 15.5. The van der Waals surface area contributed by atoms with E-state index in [0.29, 0.717) is 31.0 Å². The second-order valence-corrected chi connectivity index (χ2v) is 9.94. The Labute approximate surface area is 199 Å². The highest BCUT2D eigenvalue weighted by Gasteiger charge is 2.43. The minimum atomic E-state index is -0.941. The van der Waals surface area contributed by atoms with Crippen molar-refractivity contribution < 1.29 is 14.0 Å². The molecule has 1 N–H and O–H groups in total. The number of nitrogens with zero attached hydrogens (tertiary/aromatic N) is 2. The van der Waals surface area contributed by atoms with Gasteiger partial charge < -0.3 is 15.1 Å². The average Bonchev–Trinajstić information content (AvgIpc) is 2.95. The number of anilines is 2. The molecule has 5 nitrogen and oxygen atoms in total. The van der Waals surface area contributed by atoms with Crippen molar-refractivity contribution in [2.45, 2.75) is 44.6 Å². The number of halogens is 2. The molecular formula is C26H29ClFN3O2. The number of piperidine rings is 1. The third kappa shape index (κ3) is 3.80. The number of hydrogen-bond acceptors (Lipinski definition) is 3. The molecule has 7 heteroatoms. The van der Waals surface area contributed by atoms with E-state index in [2.05, 4.69) is 11.9 Å². The molecule has 0 saturated carbocycles. The van der Waals surface area contributed by atoms with Crippen LogP contribution in [0.5, 0.6) is 0 Å². The van der Waals surface area contributed by atoms with Crippen molar-refractivity contribution in [1.29, 1.82) is 0 Å². The zero-order chi connectivity index (χ0) is 24.1. The zero-order valence-electron chi connectivity index (χ0n) is 19.5. The number of nitrogens with one attached hydrogen (secondary N) is 1. The first-order valence-corrected chi connectivity index (χ1v) is 11.5. The number of carbonyl (C=O) groups is 2. The molecule has 0 bridgehead atoms. The van der Waals surface area contributed by atoms with Crippen LogP contribution in [0.3, 0.4) is 0 Å². The fraction of sp³-hybridized carbons (Fsp3) is 0.385. The van der Waals surface area contributed by atoms with Crippen LogP contribution in [0.25, 0.3) is 0 Å². The molecule has 2 aromatic carbocycles. The van der Waals surface area contributed by atoms with Gasteiger partial charge >= 0.3 is 0 Å². The first kappa shape index (κ1) is 23.3. The lowest BCUT2D eigenvalue weighted by Crippen LogP contribution is -2.49. The molecule has 2 heterocycles. The van der Waals surface area contributed by atoms with Crippen LogP contribution in [0.15, 0.2) is 48.8 Å². The molecule has 0 atom stereocenters. The molecule has 33 heavy (non-hydrogen) atoms. The molecule has 0 unspecified atom stereocenters. The summed E-state index contributed by atoms with van der Waals surface area (Å²) in [5.74, 6) is -1.54. The third-order valence-corrected chi connectivity index (χ3v) is 7.58. The number of hydrogen-bond donors (Lipinski definition) is 1. The Kier molecular flexibility index (Phi) is 5.77. The van der Waals surface area contributed by atoms with Crippen LogP contribution in [0.1, 0.15) is 43.4 Å². The number of benzene rings is 2. The molecular weight excluding hydrogens is 441 g/mol. The molecule has 0 aliphatic carbocycles. The summed E-state index contributed by atoms with van der Waals surface area (Å²) in [4.78, 5) is 28.1. The van der Waals surface area contributed by atoms with Gasteiger partial charge in [-0.05, 0) is 68.5 Å². The molecule has 0 aromatic heterocycles. The van der Waals surface area contributed by atoms with Crippen LogP contribution >= 0.6 is 11.6 Å². The Morgan fingerprint density at radius 3 is 2.45 bits per heavy atom. The lowest BCUT2D eigenvalue weighted by molar-refractivity contribution is -0.130. The lowest BCUT2D eigenvalue weighted by Gasteiger charge is -2.44. The fourth-order valence-corrected chi connectivity index (χ4v) is 5.36. The topological polar surface area (TPSA) is 52.7 Å². The van der Waals surface area contributed by atoms with Gasteiger partial charge in [-0.2, -0.15) is 0 Å². The van der Waals surface area contributed by atoms with Crippen molar-refractivity contribution in [2.75, 3.05) is 30.4 Å². The van der Waals surface area contributed by atoms with Gasteiger partial charge in [0.05, 0.1) is 11.0 Å². The van der Waals surface area contributed by atoms with Crippen molar-refractivity contribution >= 4 is 34.8 Å². The van der Waals surface area contributed by atoms with Gasteiger partial charge in [-0.15, -0.1) is 0 Å². The Bertz CT molecular complexity index is 1150. The highest BCUT2D eigenvalue weighted by atomic mass is 35.5. The van der Waals surface area contributed by atoms with Crippen LogP contribution in [-0.2, 0) is 20.5 Å². The van der Waals surface area contributed by atoms with E-state index in [1.54, 1.807) is 11.9 Å². The SMILES string of the molecule is C=C(F)C(=O)N1CCC(Nc2ccc3c(c2)N(C)C(=O)C3(C)C)(c2cccc(Cl)c2C)CC1. The van der Waals surface area contributed by atoms with Crippen LogP contribution in [0, 0.1) is 6.92 Å². The molecule has 1 saturated heterocycles. The van der Waals surface area contributed by atoms with Crippen LogP contribution in [0.4, 0.5) is 15.8 Å². The summed E-state index contributed by atoms with van der Waals surface area (Å²) in [5.41, 5.74) is 3.70. The van der Waals surface area contributed by atoms with Crippen molar-refractivity contribution in [3.63, 3.8) is 0 Å². The van der Waals surface area contributed by atoms with Crippen molar-refractivity contribution in [3.8, 4) is 0 Å². The molecule has 174 valence electrons. The maximum Gasteiger partial charge on any atom is 0.281 e. The van der Waals surface area contributed by atoms with E-state index in [9.17, 15) is 14.0 Å². The highest BCUT2D eigenvalue weighted by Crippen LogP contribution is 2.44. The summed E-state index contributed by atoms with van der Waals surface area (Å²) < 4.78 is 13.5. The second kappa shape index (κ2) is 8.17. The third-order valence-electron chi connectivity index (χ3n) is 7.17. The quantitative estimate of drug-likeness (QED) is 0.617. The summed E-state index contributed by atoms with van der Waals surface area (Å²) in [6.45, 7) is 9.79. The summed E-state index contributed by atoms with van der Waals surface area (Å²) in [7, 11) is 1.80. The van der Waals surface area contributed by atoms with E-state index < -0.39 is 22.7 Å². The van der Waals surface area contributed by atoms with Crippen LogP contribution in [0.2, 0.25) is 5.02 Å². The van der Waals surface area contributed by atoms with Crippen molar-refractivity contribution in [3.05, 3.63) is 70.5 Å². The summed E-state index contributed by atoms with van der Waals surface area (Å²) in [6, 6.07) is 11.8. The zero-order valence-corrected chi connectivity index (χ0v) is 20.2. The predicted octanol–water partition coefficient (Wildman–Crippen LogP) is 5.32. The molecule has 4 rings (SSSR count). The number of carbonyl (C=O) groups excluding carboxylic acids is 2. The van der Waals surface area contributed by atoms with E-state index in [1.165, 1.54) is 4.90 Å². The molecule has 2 amide bonds. The number of rotatable bonds is 4.